The van der Waals surface area contributed by atoms with Gasteiger partial charge < -0.3 is 4.90 Å². The number of nitrogens with zero attached hydrogens (tertiary/aromatic N) is 1. The Balaban J connectivity index is 1.78. The van der Waals surface area contributed by atoms with Crippen LogP contribution in [0.3, 0.4) is 0 Å². The lowest BCUT2D eigenvalue weighted by Gasteiger charge is -2.36. The topological polar surface area (TPSA) is 20.3 Å². The van der Waals surface area contributed by atoms with Crippen LogP contribution < -0.4 is 0 Å². The Hall–Kier alpha value is -2.46. The summed E-state index contributed by atoms with van der Waals surface area (Å²) < 4.78 is 13.6. The van der Waals surface area contributed by atoms with Crippen molar-refractivity contribution in [2.24, 2.45) is 0 Å². The SMILES string of the molecule is Cc1ccc([C@@H]2c3ccsc3CCN2C(=O)c2cccc(F)c2)cc1. The van der Waals surface area contributed by atoms with E-state index < -0.39 is 0 Å². The lowest BCUT2D eigenvalue weighted by Crippen LogP contribution is -2.40. The molecule has 0 fully saturated rings. The van der Waals surface area contributed by atoms with Crippen molar-refractivity contribution in [2.45, 2.75) is 19.4 Å². The predicted octanol–water partition coefficient (Wildman–Crippen LogP) is 4.98. The quantitative estimate of drug-likeness (QED) is 0.637. The number of aryl methyl sites for hydroxylation is 1. The van der Waals surface area contributed by atoms with E-state index in [1.807, 2.05) is 4.90 Å². The average Bonchev–Trinajstić information content (AvgIpc) is 3.10. The van der Waals surface area contributed by atoms with E-state index >= 15 is 0 Å². The van der Waals surface area contributed by atoms with Crippen LogP contribution in [0.15, 0.2) is 60.0 Å². The van der Waals surface area contributed by atoms with E-state index in [1.54, 1.807) is 23.5 Å². The molecule has 1 atom stereocenters. The molecule has 0 N–H and O–H groups in total. The Kier molecular flexibility index (Phi) is 4.14. The predicted molar refractivity (Wildman–Crippen MR) is 98.5 cm³/mol. The van der Waals surface area contributed by atoms with Gasteiger partial charge in [0.05, 0.1) is 6.04 Å². The lowest BCUT2D eigenvalue weighted by atomic mass is 9.92. The highest BCUT2D eigenvalue weighted by Crippen LogP contribution is 2.38. The largest absolute Gasteiger partial charge is 0.327 e. The number of hydrogen-bond donors (Lipinski definition) is 0. The van der Waals surface area contributed by atoms with Crippen LogP contribution in [0.2, 0.25) is 0 Å². The summed E-state index contributed by atoms with van der Waals surface area (Å²) in [6.45, 7) is 2.69. The van der Waals surface area contributed by atoms with Gasteiger partial charge in [-0.1, -0.05) is 35.9 Å². The van der Waals surface area contributed by atoms with E-state index in [1.165, 1.54) is 28.1 Å². The number of thiophene rings is 1. The minimum Gasteiger partial charge on any atom is -0.327 e. The van der Waals surface area contributed by atoms with Crippen molar-refractivity contribution in [3.8, 4) is 0 Å². The molecule has 2 heterocycles. The molecule has 0 bridgehead atoms. The molecule has 3 aromatic rings. The molecular formula is C21H18FNOS. The fourth-order valence-electron chi connectivity index (χ4n) is 3.43. The summed E-state index contributed by atoms with van der Waals surface area (Å²) >= 11 is 1.74. The normalized spacial score (nSPS) is 16.6. The Morgan fingerprint density at radius 1 is 1.16 bits per heavy atom. The number of amides is 1. The summed E-state index contributed by atoms with van der Waals surface area (Å²) in [5.41, 5.74) is 3.86. The second-order valence-electron chi connectivity index (χ2n) is 6.37. The smallest absolute Gasteiger partial charge is 0.254 e. The van der Waals surface area contributed by atoms with Gasteiger partial charge in [0.2, 0.25) is 0 Å². The fourth-order valence-corrected chi connectivity index (χ4v) is 4.33. The summed E-state index contributed by atoms with van der Waals surface area (Å²) in [5.74, 6) is -0.507. The average molecular weight is 351 g/mol. The Morgan fingerprint density at radius 3 is 2.72 bits per heavy atom. The van der Waals surface area contributed by atoms with E-state index in [0.29, 0.717) is 12.1 Å². The Labute approximate surface area is 150 Å². The van der Waals surface area contributed by atoms with Gasteiger partial charge in [0.25, 0.3) is 5.91 Å². The van der Waals surface area contributed by atoms with Crippen molar-refractivity contribution < 1.29 is 9.18 Å². The molecule has 1 aliphatic rings. The first-order chi connectivity index (χ1) is 12.1. The molecule has 4 rings (SSSR count). The van der Waals surface area contributed by atoms with E-state index in [9.17, 15) is 9.18 Å². The summed E-state index contributed by atoms with van der Waals surface area (Å²) in [4.78, 5) is 16.3. The van der Waals surface area contributed by atoms with Crippen LogP contribution in [0, 0.1) is 12.7 Å². The van der Waals surface area contributed by atoms with Crippen molar-refractivity contribution in [1.29, 1.82) is 0 Å². The molecule has 126 valence electrons. The number of rotatable bonds is 2. The number of carbonyl (C=O) groups excluding carboxylic acids is 1. The number of fused-ring (bicyclic) bond motifs is 1. The number of carbonyl (C=O) groups is 1. The van der Waals surface area contributed by atoms with Gasteiger partial charge in [-0.2, -0.15) is 0 Å². The standard InChI is InChI=1S/C21H18FNOS/c1-14-5-7-15(8-6-14)20-18-10-12-25-19(18)9-11-23(20)21(24)16-3-2-4-17(22)13-16/h2-8,10,12-13,20H,9,11H2,1H3/t20-/m1/s1. The first-order valence-electron chi connectivity index (χ1n) is 8.33. The van der Waals surface area contributed by atoms with Gasteiger partial charge >= 0.3 is 0 Å². The van der Waals surface area contributed by atoms with Crippen LogP contribution in [-0.4, -0.2) is 17.4 Å². The van der Waals surface area contributed by atoms with Gasteiger partial charge in [-0.3, -0.25) is 4.79 Å². The van der Waals surface area contributed by atoms with Gasteiger partial charge in [0.1, 0.15) is 5.82 Å². The van der Waals surface area contributed by atoms with Gasteiger partial charge in [-0.15, -0.1) is 11.3 Å². The summed E-state index contributed by atoms with van der Waals surface area (Å²) in [5, 5.41) is 2.09. The van der Waals surface area contributed by atoms with Crippen LogP contribution in [0.25, 0.3) is 0 Å². The number of halogens is 1. The molecule has 4 heteroatoms. The third kappa shape index (κ3) is 2.98. The molecule has 25 heavy (non-hydrogen) atoms. The van der Waals surface area contributed by atoms with E-state index in [-0.39, 0.29) is 17.8 Å². The van der Waals surface area contributed by atoms with Gasteiger partial charge in [-0.05, 0) is 54.1 Å². The second kappa shape index (κ2) is 6.45. The lowest BCUT2D eigenvalue weighted by molar-refractivity contribution is 0.0695. The molecule has 1 aliphatic heterocycles. The maximum absolute atomic E-state index is 13.6. The zero-order valence-corrected chi connectivity index (χ0v) is 14.7. The molecule has 0 unspecified atom stereocenters. The third-order valence-electron chi connectivity index (χ3n) is 4.69. The minimum atomic E-state index is -0.383. The van der Waals surface area contributed by atoms with Crippen molar-refractivity contribution in [3.05, 3.63) is 92.9 Å². The molecular weight excluding hydrogens is 333 g/mol. The summed E-state index contributed by atoms with van der Waals surface area (Å²) in [6.07, 6.45) is 0.844. The van der Waals surface area contributed by atoms with Crippen LogP contribution in [0.1, 0.15) is 38.0 Å². The first-order valence-corrected chi connectivity index (χ1v) is 9.21. The van der Waals surface area contributed by atoms with Crippen LogP contribution in [0.4, 0.5) is 4.39 Å². The fraction of sp³-hybridized carbons (Fsp3) is 0.190. The van der Waals surface area contributed by atoms with Crippen LogP contribution in [-0.2, 0) is 6.42 Å². The van der Waals surface area contributed by atoms with E-state index in [0.717, 1.165) is 12.0 Å². The van der Waals surface area contributed by atoms with Crippen molar-refractivity contribution in [2.75, 3.05) is 6.54 Å². The molecule has 1 amide bonds. The van der Waals surface area contributed by atoms with Gasteiger partial charge in [-0.25, -0.2) is 4.39 Å². The number of hydrogen-bond acceptors (Lipinski definition) is 2. The highest BCUT2D eigenvalue weighted by molar-refractivity contribution is 7.10. The van der Waals surface area contributed by atoms with Crippen molar-refractivity contribution in [3.63, 3.8) is 0 Å². The van der Waals surface area contributed by atoms with E-state index in [2.05, 4.69) is 42.6 Å². The first kappa shape index (κ1) is 16.0. The third-order valence-corrected chi connectivity index (χ3v) is 5.69. The molecule has 2 nitrogen and oxygen atoms in total. The van der Waals surface area contributed by atoms with Crippen molar-refractivity contribution in [1.82, 2.24) is 4.90 Å². The molecule has 0 radical (unpaired) electrons. The minimum absolute atomic E-state index is 0.119. The zero-order chi connectivity index (χ0) is 17.4. The van der Waals surface area contributed by atoms with Crippen molar-refractivity contribution >= 4 is 17.2 Å². The van der Waals surface area contributed by atoms with Gasteiger partial charge in [0.15, 0.2) is 0 Å². The Morgan fingerprint density at radius 2 is 1.96 bits per heavy atom. The second-order valence-corrected chi connectivity index (χ2v) is 7.37. The zero-order valence-electron chi connectivity index (χ0n) is 13.9. The highest BCUT2D eigenvalue weighted by Gasteiger charge is 2.33. The molecule has 0 aliphatic carbocycles. The Bertz CT molecular complexity index is 916. The molecule has 0 spiro atoms. The highest BCUT2D eigenvalue weighted by atomic mass is 32.1. The molecule has 0 saturated heterocycles. The molecule has 0 saturated carbocycles. The van der Waals surface area contributed by atoms with Crippen LogP contribution >= 0.6 is 11.3 Å². The monoisotopic (exact) mass is 351 g/mol. The molecule has 1 aromatic heterocycles. The van der Waals surface area contributed by atoms with Crippen LogP contribution in [0.5, 0.6) is 0 Å². The molecule has 2 aromatic carbocycles. The maximum atomic E-state index is 13.6. The van der Waals surface area contributed by atoms with Gasteiger partial charge in [0, 0.05) is 17.0 Å². The summed E-state index contributed by atoms with van der Waals surface area (Å²) in [7, 11) is 0. The maximum Gasteiger partial charge on any atom is 0.254 e. The number of benzene rings is 2. The van der Waals surface area contributed by atoms with E-state index in [4.69, 9.17) is 0 Å². The summed E-state index contributed by atoms with van der Waals surface area (Å²) in [6, 6.07) is 16.2.